The predicted octanol–water partition coefficient (Wildman–Crippen LogP) is 1.06. The third-order valence-corrected chi connectivity index (χ3v) is 3.62. The smallest absolute Gasteiger partial charge is 0.239 e. The molecule has 19 heavy (non-hydrogen) atoms. The zero-order valence-corrected chi connectivity index (χ0v) is 11.6. The van der Waals surface area contributed by atoms with E-state index in [0.717, 1.165) is 23.3 Å². The van der Waals surface area contributed by atoms with Crippen LogP contribution < -0.4 is 11.1 Å². The quantitative estimate of drug-likeness (QED) is 0.844. The molecule has 0 saturated heterocycles. The molecular weight excluding hydrogens is 240 g/mol. The Kier molecular flexibility index (Phi) is 3.57. The second kappa shape index (κ2) is 5.01. The van der Waals surface area contributed by atoms with Crippen molar-refractivity contribution in [2.45, 2.75) is 32.4 Å². The number of fused-ring (bicyclic) bond motifs is 1. The maximum Gasteiger partial charge on any atom is 0.239 e. The van der Waals surface area contributed by atoms with E-state index in [0.29, 0.717) is 6.54 Å². The molecule has 0 fully saturated rings. The van der Waals surface area contributed by atoms with Crippen LogP contribution in [-0.2, 0) is 17.8 Å². The van der Waals surface area contributed by atoms with Crippen LogP contribution >= 0.6 is 0 Å². The van der Waals surface area contributed by atoms with E-state index in [1.807, 2.05) is 31.2 Å². The fraction of sp³-hybridized carbons (Fsp3) is 0.429. The molecule has 0 aliphatic rings. The number of hydrogen-bond donors (Lipinski definition) is 2. The van der Waals surface area contributed by atoms with Crippen molar-refractivity contribution in [1.82, 2.24) is 14.9 Å². The summed E-state index contributed by atoms with van der Waals surface area (Å²) in [7, 11) is 1.75. The standard InChI is InChI=1S/C14H20N4O/c1-4-12-17-10-7-5-6-8-11(10)18(12)9-14(2,16-3)13(15)19/h5-8,16H,4,9H2,1-3H3,(H2,15,19). The first-order chi connectivity index (χ1) is 9.01. The van der Waals surface area contributed by atoms with Crippen molar-refractivity contribution < 1.29 is 4.79 Å². The first kappa shape index (κ1) is 13.5. The molecule has 102 valence electrons. The van der Waals surface area contributed by atoms with Crippen LogP contribution in [0.25, 0.3) is 11.0 Å². The van der Waals surface area contributed by atoms with Gasteiger partial charge in [-0.2, -0.15) is 0 Å². The van der Waals surface area contributed by atoms with Crippen molar-refractivity contribution in [2.75, 3.05) is 7.05 Å². The molecule has 0 aliphatic heterocycles. The Morgan fingerprint density at radius 1 is 1.47 bits per heavy atom. The van der Waals surface area contributed by atoms with Gasteiger partial charge in [-0.25, -0.2) is 4.98 Å². The summed E-state index contributed by atoms with van der Waals surface area (Å²) < 4.78 is 2.07. The van der Waals surface area contributed by atoms with Crippen LogP contribution in [0.4, 0.5) is 0 Å². The molecular formula is C14H20N4O. The Morgan fingerprint density at radius 2 is 2.16 bits per heavy atom. The normalized spacial score (nSPS) is 14.5. The van der Waals surface area contributed by atoms with E-state index >= 15 is 0 Å². The summed E-state index contributed by atoms with van der Waals surface area (Å²) in [6.07, 6.45) is 0.813. The van der Waals surface area contributed by atoms with Crippen LogP contribution in [-0.4, -0.2) is 28.0 Å². The lowest BCUT2D eigenvalue weighted by Crippen LogP contribution is -2.54. The number of amides is 1. The Balaban J connectivity index is 2.52. The summed E-state index contributed by atoms with van der Waals surface area (Å²) in [4.78, 5) is 16.2. The SMILES string of the molecule is CCc1nc2ccccc2n1CC(C)(NC)C(N)=O. The van der Waals surface area contributed by atoms with Gasteiger partial charge in [-0.3, -0.25) is 4.79 Å². The van der Waals surface area contributed by atoms with Gasteiger partial charge in [0.2, 0.25) is 5.91 Å². The van der Waals surface area contributed by atoms with Gasteiger partial charge < -0.3 is 15.6 Å². The monoisotopic (exact) mass is 260 g/mol. The highest BCUT2D eigenvalue weighted by molar-refractivity contribution is 5.84. The minimum atomic E-state index is -0.784. The zero-order valence-electron chi connectivity index (χ0n) is 11.6. The number of likely N-dealkylation sites (N-methyl/N-ethyl adjacent to an activating group) is 1. The van der Waals surface area contributed by atoms with E-state index in [1.54, 1.807) is 7.05 Å². The molecule has 1 heterocycles. The fourth-order valence-electron chi connectivity index (χ4n) is 2.17. The molecule has 5 nitrogen and oxygen atoms in total. The van der Waals surface area contributed by atoms with Crippen LogP contribution in [0.3, 0.4) is 0 Å². The predicted molar refractivity (Wildman–Crippen MR) is 75.8 cm³/mol. The van der Waals surface area contributed by atoms with E-state index in [1.165, 1.54) is 0 Å². The van der Waals surface area contributed by atoms with Crippen molar-refractivity contribution in [3.05, 3.63) is 30.1 Å². The zero-order chi connectivity index (χ0) is 14.0. The van der Waals surface area contributed by atoms with Gasteiger partial charge in [0, 0.05) is 6.42 Å². The number of imidazole rings is 1. The molecule has 0 aliphatic carbocycles. The number of carbonyl (C=O) groups excluding carboxylic acids is 1. The molecule has 3 N–H and O–H groups in total. The number of nitrogens with one attached hydrogen (secondary N) is 1. The van der Waals surface area contributed by atoms with Gasteiger partial charge in [0.25, 0.3) is 0 Å². The Labute approximate surface area is 112 Å². The summed E-state index contributed by atoms with van der Waals surface area (Å²) in [6.45, 7) is 4.34. The molecule has 1 aromatic heterocycles. The molecule has 0 saturated carbocycles. The van der Waals surface area contributed by atoms with Gasteiger partial charge >= 0.3 is 0 Å². The Hall–Kier alpha value is -1.88. The molecule has 5 heteroatoms. The summed E-state index contributed by atoms with van der Waals surface area (Å²) in [5.74, 6) is 0.596. The van der Waals surface area contributed by atoms with E-state index in [9.17, 15) is 4.79 Å². The highest BCUT2D eigenvalue weighted by Crippen LogP contribution is 2.19. The number of aryl methyl sites for hydroxylation is 1. The number of nitrogens with two attached hydrogens (primary N) is 1. The van der Waals surface area contributed by atoms with Crippen LogP contribution in [0, 0.1) is 0 Å². The van der Waals surface area contributed by atoms with E-state index in [-0.39, 0.29) is 5.91 Å². The number of primary amides is 1. The number of para-hydroxylation sites is 2. The maximum absolute atomic E-state index is 11.6. The van der Waals surface area contributed by atoms with Crippen molar-refractivity contribution in [2.24, 2.45) is 5.73 Å². The van der Waals surface area contributed by atoms with Crippen LogP contribution in [0.15, 0.2) is 24.3 Å². The highest BCUT2D eigenvalue weighted by Gasteiger charge is 2.30. The van der Waals surface area contributed by atoms with Gasteiger partial charge in [-0.05, 0) is 26.1 Å². The third kappa shape index (κ3) is 2.33. The summed E-state index contributed by atoms with van der Waals surface area (Å²) in [6, 6.07) is 7.93. The molecule has 0 spiro atoms. The van der Waals surface area contributed by atoms with Crippen molar-refractivity contribution >= 4 is 16.9 Å². The first-order valence-corrected chi connectivity index (χ1v) is 6.45. The lowest BCUT2D eigenvalue weighted by molar-refractivity contribution is -0.124. The fourth-order valence-corrected chi connectivity index (χ4v) is 2.17. The number of carbonyl (C=O) groups is 1. The first-order valence-electron chi connectivity index (χ1n) is 6.45. The number of aromatic nitrogens is 2. The van der Waals surface area contributed by atoms with Crippen LogP contribution in [0.1, 0.15) is 19.7 Å². The second-order valence-electron chi connectivity index (χ2n) is 4.90. The molecule has 1 amide bonds. The topological polar surface area (TPSA) is 72.9 Å². The van der Waals surface area contributed by atoms with Gasteiger partial charge in [-0.1, -0.05) is 19.1 Å². The van der Waals surface area contributed by atoms with Gasteiger partial charge in [-0.15, -0.1) is 0 Å². The van der Waals surface area contributed by atoms with E-state index in [2.05, 4.69) is 21.8 Å². The molecule has 1 unspecified atom stereocenters. The lowest BCUT2D eigenvalue weighted by atomic mass is 10.0. The maximum atomic E-state index is 11.6. The largest absolute Gasteiger partial charge is 0.368 e. The highest BCUT2D eigenvalue weighted by atomic mass is 16.1. The second-order valence-corrected chi connectivity index (χ2v) is 4.90. The summed E-state index contributed by atoms with van der Waals surface area (Å²) >= 11 is 0. The Morgan fingerprint density at radius 3 is 2.74 bits per heavy atom. The molecule has 2 rings (SSSR count). The number of nitrogens with zero attached hydrogens (tertiary/aromatic N) is 2. The molecule has 0 bridgehead atoms. The number of hydrogen-bond acceptors (Lipinski definition) is 3. The lowest BCUT2D eigenvalue weighted by Gasteiger charge is -2.27. The molecule has 0 radical (unpaired) electrons. The van der Waals surface area contributed by atoms with Gasteiger partial charge in [0.1, 0.15) is 11.4 Å². The minimum Gasteiger partial charge on any atom is -0.368 e. The van der Waals surface area contributed by atoms with Gasteiger partial charge in [0.05, 0.1) is 17.6 Å². The summed E-state index contributed by atoms with van der Waals surface area (Å²) in [5.41, 5.74) is 6.69. The van der Waals surface area contributed by atoms with Gasteiger partial charge in [0.15, 0.2) is 0 Å². The Bertz CT molecular complexity index is 605. The third-order valence-electron chi connectivity index (χ3n) is 3.62. The molecule has 2 aromatic rings. The number of benzene rings is 1. The molecule has 1 atom stereocenters. The average Bonchev–Trinajstić information content (AvgIpc) is 2.76. The summed E-state index contributed by atoms with van der Waals surface area (Å²) in [5, 5.41) is 3.01. The van der Waals surface area contributed by atoms with E-state index < -0.39 is 5.54 Å². The van der Waals surface area contributed by atoms with Crippen molar-refractivity contribution in [1.29, 1.82) is 0 Å². The molecule has 1 aromatic carbocycles. The van der Waals surface area contributed by atoms with Crippen molar-refractivity contribution in [3.8, 4) is 0 Å². The van der Waals surface area contributed by atoms with Crippen LogP contribution in [0.2, 0.25) is 0 Å². The van der Waals surface area contributed by atoms with Crippen molar-refractivity contribution in [3.63, 3.8) is 0 Å². The number of rotatable bonds is 5. The van der Waals surface area contributed by atoms with E-state index in [4.69, 9.17) is 5.73 Å². The minimum absolute atomic E-state index is 0.366. The average molecular weight is 260 g/mol. The van der Waals surface area contributed by atoms with Crippen LogP contribution in [0.5, 0.6) is 0 Å².